The third kappa shape index (κ3) is 5.28. The van der Waals surface area contributed by atoms with E-state index in [1.807, 2.05) is 44.1 Å². The standard InChI is InChI=1S/C23H32N6O/c1-7-24-22(27-15-21-25-14-19(30-21)23(2,3)4)26-13-16-12-20(29(5)6)28-18-11-9-8-10-17(16)18/h8-12,14H,7,13,15H2,1-6H3,(H2,24,26,27). The maximum Gasteiger partial charge on any atom is 0.213 e. The van der Waals surface area contributed by atoms with Gasteiger partial charge in [0.05, 0.1) is 24.8 Å². The van der Waals surface area contributed by atoms with Gasteiger partial charge in [0.25, 0.3) is 0 Å². The van der Waals surface area contributed by atoms with E-state index in [0.717, 1.165) is 40.5 Å². The summed E-state index contributed by atoms with van der Waals surface area (Å²) in [4.78, 5) is 15.9. The molecule has 0 radical (unpaired) electrons. The summed E-state index contributed by atoms with van der Waals surface area (Å²) in [5, 5.41) is 7.72. The highest BCUT2D eigenvalue weighted by Crippen LogP contribution is 2.23. The van der Waals surface area contributed by atoms with Crippen LogP contribution in [-0.2, 0) is 18.5 Å². The number of pyridine rings is 1. The molecule has 0 saturated carbocycles. The normalized spacial score (nSPS) is 12.3. The van der Waals surface area contributed by atoms with Gasteiger partial charge in [-0.15, -0.1) is 0 Å². The monoisotopic (exact) mass is 408 g/mol. The van der Waals surface area contributed by atoms with Crippen LogP contribution in [0, 0.1) is 0 Å². The molecule has 0 aliphatic heterocycles. The molecule has 160 valence electrons. The van der Waals surface area contributed by atoms with E-state index in [4.69, 9.17) is 14.4 Å². The van der Waals surface area contributed by atoms with Crippen LogP contribution in [0.15, 0.2) is 45.9 Å². The zero-order valence-electron chi connectivity index (χ0n) is 18.8. The Kier molecular flexibility index (Phi) is 6.59. The summed E-state index contributed by atoms with van der Waals surface area (Å²) in [6, 6.07) is 10.3. The fourth-order valence-electron chi connectivity index (χ4n) is 3.00. The Morgan fingerprint density at radius 1 is 1.17 bits per heavy atom. The first-order valence-corrected chi connectivity index (χ1v) is 10.3. The van der Waals surface area contributed by atoms with E-state index in [0.29, 0.717) is 19.0 Å². The smallest absolute Gasteiger partial charge is 0.213 e. The van der Waals surface area contributed by atoms with E-state index in [1.54, 1.807) is 6.20 Å². The molecule has 0 saturated heterocycles. The number of oxazole rings is 1. The van der Waals surface area contributed by atoms with Crippen LogP contribution in [-0.4, -0.2) is 36.6 Å². The van der Waals surface area contributed by atoms with Crippen LogP contribution >= 0.6 is 0 Å². The Balaban J connectivity index is 1.78. The Morgan fingerprint density at radius 3 is 2.60 bits per heavy atom. The van der Waals surface area contributed by atoms with Crippen molar-refractivity contribution in [2.75, 3.05) is 25.5 Å². The molecule has 2 N–H and O–H groups in total. The van der Waals surface area contributed by atoms with Gasteiger partial charge in [0.2, 0.25) is 5.89 Å². The molecule has 0 aliphatic rings. The third-order valence-corrected chi connectivity index (χ3v) is 4.70. The highest BCUT2D eigenvalue weighted by atomic mass is 16.4. The summed E-state index contributed by atoms with van der Waals surface area (Å²) in [5.41, 5.74) is 2.05. The topological polar surface area (TPSA) is 78.6 Å². The van der Waals surface area contributed by atoms with E-state index < -0.39 is 0 Å². The third-order valence-electron chi connectivity index (χ3n) is 4.70. The van der Waals surface area contributed by atoms with Gasteiger partial charge in [-0.05, 0) is 24.6 Å². The number of aliphatic imine (C=N–C) groups is 1. The zero-order chi connectivity index (χ0) is 21.7. The van der Waals surface area contributed by atoms with E-state index in [9.17, 15) is 0 Å². The molecule has 2 heterocycles. The van der Waals surface area contributed by atoms with Crippen LogP contribution in [0.2, 0.25) is 0 Å². The lowest BCUT2D eigenvalue weighted by Gasteiger charge is -2.15. The van der Waals surface area contributed by atoms with Gasteiger partial charge >= 0.3 is 0 Å². The summed E-state index contributed by atoms with van der Waals surface area (Å²) in [6.07, 6.45) is 1.80. The second-order valence-corrected chi connectivity index (χ2v) is 8.47. The first kappa shape index (κ1) is 21.6. The molecular formula is C23H32N6O. The van der Waals surface area contributed by atoms with E-state index in [1.165, 1.54) is 0 Å². The highest BCUT2D eigenvalue weighted by molar-refractivity contribution is 5.85. The number of aromatic nitrogens is 2. The second kappa shape index (κ2) is 9.15. The molecule has 0 aliphatic carbocycles. The SMILES string of the molecule is CCNC(=NCc1cc(N(C)C)nc2ccccc12)NCc1ncc(C(C)(C)C)o1. The predicted molar refractivity (Wildman–Crippen MR) is 123 cm³/mol. The van der Waals surface area contributed by atoms with Crippen LogP contribution in [0.5, 0.6) is 0 Å². The Hall–Kier alpha value is -3.09. The fourth-order valence-corrected chi connectivity index (χ4v) is 3.00. The molecule has 1 aromatic carbocycles. The molecule has 3 rings (SSSR count). The maximum atomic E-state index is 5.87. The molecule has 0 amide bonds. The van der Waals surface area contributed by atoms with Crippen molar-refractivity contribution in [1.29, 1.82) is 0 Å². The van der Waals surface area contributed by atoms with Crippen molar-refractivity contribution >= 4 is 22.7 Å². The molecule has 30 heavy (non-hydrogen) atoms. The van der Waals surface area contributed by atoms with Crippen LogP contribution in [0.1, 0.15) is 44.9 Å². The molecule has 7 heteroatoms. The number of hydrogen-bond donors (Lipinski definition) is 2. The number of nitrogens with zero attached hydrogens (tertiary/aromatic N) is 4. The van der Waals surface area contributed by atoms with E-state index >= 15 is 0 Å². The lowest BCUT2D eigenvalue weighted by Crippen LogP contribution is -2.36. The maximum absolute atomic E-state index is 5.87. The summed E-state index contributed by atoms with van der Waals surface area (Å²) in [7, 11) is 4.00. The molecule has 2 aromatic heterocycles. The Bertz CT molecular complexity index is 1020. The van der Waals surface area contributed by atoms with Crippen molar-refractivity contribution in [3.63, 3.8) is 0 Å². The first-order chi connectivity index (χ1) is 14.3. The van der Waals surface area contributed by atoms with Gasteiger partial charge in [0, 0.05) is 31.4 Å². The van der Waals surface area contributed by atoms with Crippen molar-refractivity contribution in [1.82, 2.24) is 20.6 Å². The first-order valence-electron chi connectivity index (χ1n) is 10.3. The quantitative estimate of drug-likeness (QED) is 0.477. The molecule has 7 nitrogen and oxygen atoms in total. The molecule has 0 fully saturated rings. The van der Waals surface area contributed by atoms with Crippen molar-refractivity contribution < 1.29 is 4.42 Å². The van der Waals surface area contributed by atoms with Crippen molar-refractivity contribution in [3.8, 4) is 0 Å². The average molecular weight is 409 g/mol. The zero-order valence-corrected chi connectivity index (χ0v) is 18.8. The minimum absolute atomic E-state index is 0.0591. The minimum atomic E-state index is -0.0591. The molecule has 3 aromatic rings. The summed E-state index contributed by atoms with van der Waals surface area (Å²) < 4.78 is 5.87. The van der Waals surface area contributed by atoms with Crippen LogP contribution in [0.25, 0.3) is 10.9 Å². The van der Waals surface area contributed by atoms with Crippen molar-refractivity contribution in [2.45, 2.75) is 46.2 Å². The van der Waals surface area contributed by atoms with Crippen molar-refractivity contribution in [2.24, 2.45) is 4.99 Å². The fraction of sp³-hybridized carbons (Fsp3) is 0.435. The average Bonchev–Trinajstić information content (AvgIpc) is 3.19. The van der Waals surface area contributed by atoms with Gasteiger partial charge in [-0.3, -0.25) is 0 Å². The number of hydrogen-bond acceptors (Lipinski definition) is 5. The summed E-state index contributed by atoms with van der Waals surface area (Å²) in [5.74, 6) is 3.17. The van der Waals surface area contributed by atoms with Gasteiger partial charge < -0.3 is 20.0 Å². The number of anilines is 1. The minimum Gasteiger partial charge on any atom is -0.443 e. The molecule has 0 unspecified atom stereocenters. The number of rotatable bonds is 6. The van der Waals surface area contributed by atoms with Crippen molar-refractivity contribution in [3.05, 3.63) is 53.7 Å². The predicted octanol–water partition coefficient (Wildman–Crippen LogP) is 3.84. The van der Waals surface area contributed by atoms with Crippen LogP contribution < -0.4 is 15.5 Å². The van der Waals surface area contributed by atoms with Gasteiger partial charge in [-0.25, -0.2) is 15.0 Å². The molecule has 0 bridgehead atoms. The van der Waals surface area contributed by atoms with E-state index in [2.05, 4.69) is 48.5 Å². The number of benzene rings is 1. The van der Waals surface area contributed by atoms with Crippen LogP contribution in [0.3, 0.4) is 0 Å². The van der Waals surface area contributed by atoms with E-state index in [-0.39, 0.29) is 5.41 Å². The number of guanidine groups is 1. The number of nitrogens with one attached hydrogen (secondary N) is 2. The lowest BCUT2D eigenvalue weighted by molar-refractivity contribution is 0.379. The largest absolute Gasteiger partial charge is 0.443 e. The second-order valence-electron chi connectivity index (χ2n) is 8.47. The van der Waals surface area contributed by atoms with Gasteiger partial charge in [-0.1, -0.05) is 39.0 Å². The van der Waals surface area contributed by atoms with Gasteiger partial charge in [-0.2, -0.15) is 0 Å². The summed E-state index contributed by atoms with van der Waals surface area (Å²) >= 11 is 0. The van der Waals surface area contributed by atoms with Gasteiger partial charge in [0.15, 0.2) is 5.96 Å². The molecular weight excluding hydrogens is 376 g/mol. The highest BCUT2D eigenvalue weighted by Gasteiger charge is 2.19. The Labute approximate surface area is 178 Å². The molecule has 0 spiro atoms. The number of para-hydroxylation sites is 1. The Morgan fingerprint density at radius 2 is 1.93 bits per heavy atom. The lowest BCUT2D eigenvalue weighted by atomic mass is 9.94. The number of fused-ring (bicyclic) bond motifs is 1. The summed E-state index contributed by atoms with van der Waals surface area (Å²) in [6.45, 7) is 10.2. The van der Waals surface area contributed by atoms with Crippen LogP contribution in [0.4, 0.5) is 5.82 Å². The van der Waals surface area contributed by atoms with Gasteiger partial charge in [0.1, 0.15) is 11.6 Å². The molecule has 0 atom stereocenters.